The molecule has 32 heavy (non-hydrogen) atoms. The monoisotopic (exact) mass is 434 g/mol. The quantitative estimate of drug-likeness (QED) is 0.341. The van der Waals surface area contributed by atoms with Gasteiger partial charge in [0.1, 0.15) is 12.4 Å². The summed E-state index contributed by atoms with van der Waals surface area (Å²) in [5, 5.41) is 0. The predicted molar refractivity (Wildman–Crippen MR) is 131 cm³/mol. The number of esters is 1. The minimum atomic E-state index is -0.202. The molecule has 2 aromatic carbocycles. The molecule has 0 heterocycles. The van der Waals surface area contributed by atoms with Crippen molar-refractivity contribution in [2.45, 2.75) is 84.2 Å². The van der Waals surface area contributed by atoms with Crippen molar-refractivity contribution in [1.29, 1.82) is 0 Å². The molecule has 2 aromatic rings. The van der Waals surface area contributed by atoms with Gasteiger partial charge in [0.15, 0.2) is 0 Å². The molecule has 1 aliphatic carbocycles. The van der Waals surface area contributed by atoms with Crippen molar-refractivity contribution < 1.29 is 14.3 Å². The predicted octanol–water partition coefficient (Wildman–Crippen LogP) is 7.23. The summed E-state index contributed by atoms with van der Waals surface area (Å²) in [4.78, 5) is 11.8. The van der Waals surface area contributed by atoms with Gasteiger partial charge < -0.3 is 9.47 Å². The maximum atomic E-state index is 11.8. The summed E-state index contributed by atoms with van der Waals surface area (Å²) in [6.07, 6.45) is 4.88. The van der Waals surface area contributed by atoms with Crippen LogP contribution in [-0.2, 0) is 27.0 Å². The molecule has 0 amide bonds. The van der Waals surface area contributed by atoms with Gasteiger partial charge in [-0.15, -0.1) is 0 Å². The lowest BCUT2D eigenvalue weighted by Gasteiger charge is -2.42. The summed E-state index contributed by atoms with van der Waals surface area (Å²) in [6.45, 7) is 14.0. The van der Waals surface area contributed by atoms with E-state index in [2.05, 4.69) is 52.0 Å². The zero-order valence-electron chi connectivity index (χ0n) is 20.7. The van der Waals surface area contributed by atoms with Gasteiger partial charge in [-0.25, -0.2) is 0 Å². The smallest absolute Gasteiger partial charge is 0.306 e. The molecule has 0 aliphatic heterocycles. The molecule has 0 saturated carbocycles. The van der Waals surface area contributed by atoms with E-state index in [4.69, 9.17) is 9.47 Å². The molecule has 172 valence electrons. The minimum absolute atomic E-state index is 0.00716. The van der Waals surface area contributed by atoms with Crippen molar-refractivity contribution in [1.82, 2.24) is 0 Å². The van der Waals surface area contributed by atoms with Gasteiger partial charge in [-0.2, -0.15) is 0 Å². The number of ether oxygens (including phenoxy) is 2. The SMILES string of the molecule is COC(=O)C[C@H](C=C(C)C)c1ccc(OCc2ccc3c(c2)C(C)(C)CCC3(C)C)cc1. The van der Waals surface area contributed by atoms with Crippen LogP contribution in [0.1, 0.15) is 89.0 Å². The number of benzene rings is 2. The average molecular weight is 435 g/mol. The van der Waals surface area contributed by atoms with Crippen LogP contribution < -0.4 is 4.74 Å². The number of fused-ring (bicyclic) bond motifs is 1. The summed E-state index contributed by atoms with van der Waals surface area (Å²) in [6, 6.07) is 14.9. The fourth-order valence-corrected chi connectivity index (χ4v) is 4.64. The van der Waals surface area contributed by atoms with E-state index < -0.39 is 0 Å². The highest BCUT2D eigenvalue weighted by Crippen LogP contribution is 2.46. The van der Waals surface area contributed by atoms with Crippen molar-refractivity contribution in [2.75, 3.05) is 7.11 Å². The van der Waals surface area contributed by atoms with Crippen LogP contribution in [0.25, 0.3) is 0 Å². The Labute approximate surface area is 193 Å². The lowest BCUT2D eigenvalue weighted by molar-refractivity contribution is -0.140. The maximum Gasteiger partial charge on any atom is 0.306 e. The molecule has 1 aliphatic rings. The topological polar surface area (TPSA) is 35.5 Å². The molecule has 0 radical (unpaired) electrons. The highest BCUT2D eigenvalue weighted by Gasteiger charge is 2.36. The summed E-state index contributed by atoms with van der Waals surface area (Å²) in [5.41, 5.74) is 6.82. The van der Waals surface area contributed by atoms with Gasteiger partial charge in [0.25, 0.3) is 0 Å². The Kier molecular flexibility index (Phi) is 7.17. The fourth-order valence-electron chi connectivity index (χ4n) is 4.64. The van der Waals surface area contributed by atoms with Crippen LogP contribution in [-0.4, -0.2) is 13.1 Å². The molecular formula is C29H38O3. The summed E-state index contributed by atoms with van der Waals surface area (Å²) >= 11 is 0. The standard InChI is InChI=1S/C29H38O3/c1-20(2)16-23(18-27(30)31-7)22-9-11-24(12-10-22)32-19-21-8-13-25-26(17-21)29(5,6)15-14-28(25,3)4/h8-13,16-17,23H,14-15,18-19H2,1-7H3/t23-/m0/s1. The van der Waals surface area contributed by atoms with Crippen LogP contribution in [0.4, 0.5) is 0 Å². The average Bonchev–Trinajstić information content (AvgIpc) is 2.75. The highest BCUT2D eigenvalue weighted by molar-refractivity contribution is 5.70. The number of rotatable bonds is 7. The molecular weight excluding hydrogens is 396 g/mol. The second-order valence-corrected chi connectivity index (χ2v) is 10.6. The molecule has 0 bridgehead atoms. The molecule has 3 nitrogen and oxygen atoms in total. The Morgan fingerprint density at radius 2 is 1.59 bits per heavy atom. The molecule has 0 saturated heterocycles. The third-order valence-electron chi connectivity index (χ3n) is 6.78. The van der Waals surface area contributed by atoms with Crippen molar-refractivity contribution in [3.63, 3.8) is 0 Å². The molecule has 0 spiro atoms. The normalized spacial score (nSPS) is 17.1. The van der Waals surface area contributed by atoms with Gasteiger partial charge in [0.05, 0.1) is 13.5 Å². The van der Waals surface area contributed by atoms with Gasteiger partial charge in [0.2, 0.25) is 0 Å². The Bertz CT molecular complexity index is 976. The Morgan fingerprint density at radius 1 is 0.969 bits per heavy atom. The number of carbonyl (C=O) groups excluding carboxylic acids is 1. The maximum absolute atomic E-state index is 11.8. The Balaban J connectivity index is 1.73. The Hall–Kier alpha value is -2.55. The van der Waals surface area contributed by atoms with Crippen LogP contribution in [0.5, 0.6) is 5.75 Å². The number of carbonyl (C=O) groups is 1. The van der Waals surface area contributed by atoms with E-state index in [1.54, 1.807) is 0 Å². The van der Waals surface area contributed by atoms with E-state index in [1.165, 1.54) is 42.2 Å². The number of hydrogen-bond donors (Lipinski definition) is 0. The van der Waals surface area contributed by atoms with Gasteiger partial charge in [-0.05, 0) is 71.9 Å². The summed E-state index contributed by atoms with van der Waals surface area (Å²) < 4.78 is 11.0. The molecule has 0 fully saturated rings. The second kappa shape index (κ2) is 9.52. The first kappa shape index (κ1) is 24.1. The highest BCUT2D eigenvalue weighted by atomic mass is 16.5. The zero-order chi connectivity index (χ0) is 23.5. The number of methoxy groups -OCH3 is 1. The van der Waals surface area contributed by atoms with E-state index in [0.717, 1.165) is 11.3 Å². The van der Waals surface area contributed by atoms with Gasteiger partial charge >= 0.3 is 5.97 Å². The molecule has 0 unspecified atom stereocenters. The van der Waals surface area contributed by atoms with Crippen LogP contribution in [0.15, 0.2) is 54.1 Å². The largest absolute Gasteiger partial charge is 0.489 e. The molecule has 1 atom stereocenters. The fraction of sp³-hybridized carbons (Fsp3) is 0.483. The molecule has 3 heteroatoms. The van der Waals surface area contributed by atoms with E-state index in [9.17, 15) is 4.79 Å². The molecule has 0 aromatic heterocycles. The lowest BCUT2D eigenvalue weighted by Crippen LogP contribution is -2.33. The van der Waals surface area contributed by atoms with Crippen molar-refractivity contribution in [3.05, 3.63) is 76.4 Å². The number of allylic oxidation sites excluding steroid dienone is 2. The van der Waals surface area contributed by atoms with Crippen LogP contribution in [0.3, 0.4) is 0 Å². The van der Waals surface area contributed by atoms with E-state index in [-0.39, 0.29) is 22.7 Å². The first-order valence-corrected chi connectivity index (χ1v) is 11.6. The number of hydrogen-bond acceptors (Lipinski definition) is 3. The van der Waals surface area contributed by atoms with Crippen LogP contribution in [0, 0.1) is 0 Å². The molecule has 0 N–H and O–H groups in total. The Morgan fingerprint density at radius 3 is 2.19 bits per heavy atom. The van der Waals surface area contributed by atoms with E-state index in [0.29, 0.717) is 13.0 Å². The molecule has 3 rings (SSSR count). The van der Waals surface area contributed by atoms with Crippen molar-refractivity contribution >= 4 is 5.97 Å². The van der Waals surface area contributed by atoms with Gasteiger partial charge in [0, 0.05) is 5.92 Å². The first-order valence-electron chi connectivity index (χ1n) is 11.6. The van der Waals surface area contributed by atoms with E-state index in [1.807, 2.05) is 38.1 Å². The minimum Gasteiger partial charge on any atom is -0.489 e. The second-order valence-electron chi connectivity index (χ2n) is 10.6. The van der Waals surface area contributed by atoms with Crippen molar-refractivity contribution in [2.24, 2.45) is 0 Å². The van der Waals surface area contributed by atoms with E-state index >= 15 is 0 Å². The zero-order valence-corrected chi connectivity index (χ0v) is 20.7. The third-order valence-corrected chi connectivity index (χ3v) is 6.78. The lowest BCUT2D eigenvalue weighted by atomic mass is 9.63. The summed E-state index contributed by atoms with van der Waals surface area (Å²) in [5.74, 6) is 0.638. The van der Waals surface area contributed by atoms with Crippen LogP contribution in [0.2, 0.25) is 0 Å². The van der Waals surface area contributed by atoms with Gasteiger partial charge in [-0.1, -0.05) is 69.7 Å². The van der Waals surface area contributed by atoms with Crippen LogP contribution >= 0.6 is 0 Å². The van der Waals surface area contributed by atoms with Crippen molar-refractivity contribution in [3.8, 4) is 5.75 Å². The first-order chi connectivity index (χ1) is 15.0. The third kappa shape index (κ3) is 5.62. The summed E-state index contributed by atoms with van der Waals surface area (Å²) in [7, 11) is 1.43. The van der Waals surface area contributed by atoms with Gasteiger partial charge in [-0.3, -0.25) is 4.79 Å².